The molecule has 2 heterocycles. The van der Waals surface area contributed by atoms with Crippen LogP contribution in [0.4, 0.5) is 0 Å². The average molecular weight is 375 g/mol. The van der Waals surface area contributed by atoms with Crippen LogP contribution in [0.1, 0.15) is 33.1 Å². The Balaban J connectivity index is 1.66. The lowest BCUT2D eigenvalue weighted by Crippen LogP contribution is -2.56. The molecule has 2 aliphatic heterocycles. The Morgan fingerprint density at radius 2 is 2.00 bits per heavy atom. The molecule has 0 aromatic carbocycles. The van der Waals surface area contributed by atoms with Crippen molar-refractivity contribution in [2.75, 3.05) is 13.7 Å². The highest BCUT2D eigenvalue weighted by Gasteiger charge is 2.85. The maximum Gasteiger partial charge on any atom is 0.242 e. The summed E-state index contributed by atoms with van der Waals surface area (Å²) in [7, 11) is 1.55. The maximum absolute atomic E-state index is 13.9. The largest absolute Gasteiger partial charge is 0.394 e. The average Bonchev–Trinajstić information content (AvgIpc) is 3.10. The Morgan fingerprint density at radius 1 is 1.26 bits per heavy atom. The number of aliphatic hydroxyl groups is 2. The van der Waals surface area contributed by atoms with Crippen molar-refractivity contribution >= 4 is 11.7 Å². The Kier molecular flexibility index (Phi) is 3.58. The van der Waals surface area contributed by atoms with Crippen LogP contribution in [-0.4, -0.2) is 58.4 Å². The topological polar surface area (TPSA) is 87.1 Å². The zero-order valence-corrected chi connectivity index (χ0v) is 16.2. The van der Waals surface area contributed by atoms with E-state index in [-0.39, 0.29) is 35.4 Å². The number of fused-ring (bicyclic) bond motifs is 4. The van der Waals surface area contributed by atoms with Crippen molar-refractivity contribution in [1.29, 1.82) is 0 Å². The van der Waals surface area contributed by atoms with Gasteiger partial charge in [0.25, 0.3) is 0 Å². The maximum atomic E-state index is 13.9. The number of ether oxygens (including phenoxy) is 1. The van der Waals surface area contributed by atoms with Crippen LogP contribution >= 0.6 is 0 Å². The van der Waals surface area contributed by atoms with Gasteiger partial charge in [0, 0.05) is 18.9 Å². The molecular formula is C21H29NO5. The number of hydrogen-bond donors (Lipinski definition) is 2. The molecule has 5 rings (SSSR count). The van der Waals surface area contributed by atoms with E-state index in [4.69, 9.17) is 4.74 Å². The molecule has 148 valence electrons. The van der Waals surface area contributed by atoms with Crippen molar-refractivity contribution < 1.29 is 24.5 Å². The minimum absolute atomic E-state index is 0.0778. The standard InChI is InChI=1S/C21H29NO5/c1-10-4-6-13-12(8-10)5-7-14-16(13)18(24)20-17(14)11(2)27-21(20,26)15(9-23)22(3)19(20)25/h5,7,10-17,23,26H,4,6,8-9H2,1-3H3. The van der Waals surface area contributed by atoms with E-state index in [1.165, 1.54) is 4.90 Å². The third-order valence-electron chi connectivity index (χ3n) is 8.47. The second-order valence-electron chi connectivity index (χ2n) is 9.57. The van der Waals surface area contributed by atoms with Gasteiger partial charge in [-0.05, 0) is 43.4 Å². The molecule has 6 heteroatoms. The highest BCUT2D eigenvalue weighted by atomic mass is 16.6. The summed E-state index contributed by atoms with van der Waals surface area (Å²) in [5.74, 6) is -1.89. The predicted octanol–water partition coefficient (Wildman–Crippen LogP) is 0.966. The van der Waals surface area contributed by atoms with Crippen LogP contribution in [0.2, 0.25) is 0 Å². The number of likely N-dealkylation sites (N-methyl/N-ethyl adjacent to an activating group) is 1. The minimum Gasteiger partial charge on any atom is -0.394 e. The van der Waals surface area contributed by atoms with Crippen molar-refractivity contribution in [2.24, 2.45) is 40.9 Å². The SMILES string of the molecule is CC1CCC2C(C=CC3C2C(=O)C24C(=O)N(C)C(CO)C2(O)OC(C)C34)C1. The molecule has 27 heavy (non-hydrogen) atoms. The van der Waals surface area contributed by atoms with Gasteiger partial charge >= 0.3 is 0 Å². The fourth-order valence-electron chi connectivity index (χ4n) is 7.42. The number of ketones is 1. The van der Waals surface area contributed by atoms with Gasteiger partial charge in [-0.25, -0.2) is 0 Å². The monoisotopic (exact) mass is 375 g/mol. The van der Waals surface area contributed by atoms with E-state index in [0.29, 0.717) is 11.8 Å². The van der Waals surface area contributed by atoms with Crippen molar-refractivity contribution in [3.8, 4) is 0 Å². The molecule has 10 unspecified atom stereocenters. The van der Waals surface area contributed by atoms with Crippen LogP contribution in [0, 0.1) is 40.9 Å². The van der Waals surface area contributed by atoms with Gasteiger partial charge in [-0.2, -0.15) is 0 Å². The zero-order chi connectivity index (χ0) is 19.3. The lowest BCUT2D eigenvalue weighted by atomic mass is 9.62. The van der Waals surface area contributed by atoms with Crippen LogP contribution in [-0.2, 0) is 14.3 Å². The summed E-state index contributed by atoms with van der Waals surface area (Å²) < 4.78 is 5.93. The van der Waals surface area contributed by atoms with Crippen LogP contribution in [0.25, 0.3) is 0 Å². The summed E-state index contributed by atoms with van der Waals surface area (Å²) in [4.78, 5) is 28.7. The van der Waals surface area contributed by atoms with E-state index in [9.17, 15) is 19.8 Å². The first kappa shape index (κ1) is 17.8. The van der Waals surface area contributed by atoms with E-state index < -0.39 is 30.0 Å². The lowest BCUT2D eigenvalue weighted by molar-refractivity contribution is -0.239. The first-order valence-electron chi connectivity index (χ1n) is 10.3. The second-order valence-corrected chi connectivity index (χ2v) is 9.57. The van der Waals surface area contributed by atoms with Crippen LogP contribution in [0.3, 0.4) is 0 Å². The molecule has 6 nitrogen and oxygen atoms in total. The fraction of sp³-hybridized carbons (Fsp3) is 0.810. The van der Waals surface area contributed by atoms with Gasteiger partial charge in [-0.15, -0.1) is 0 Å². The van der Waals surface area contributed by atoms with Gasteiger partial charge in [-0.1, -0.05) is 25.5 Å². The number of carbonyl (C=O) groups excluding carboxylic acids is 2. The normalized spacial score (nSPS) is 56.1. The summed E-state index contributed by atoms with van der Waals surface area (Å²) in [6, 6.07) is -0.910. The van der Waals surface area contributed by atoms with Gasteiger partial charge in [-0.3, -0.25) is 9.59 Å². The van der Waals surface area contributed by atoms with Gasteiger partial charge in [0.1, 0.15) is 6.04 Å². The van der Waals surface area contributed by atoms with Gasteiger partial charge < -0.3 is 19.8 Å². The third-order valence-corrected chi connectivity index (χ3v) is 8.47. The number of Topliss-reactive ketones (excluding diaryl/α,β-unsaturated/α-hetero) is 1. The smallest absolute Gasteiger partial charge is 0.242 e. The Labute approximate surface area is 159 Å². The molecule has 3 aliphatic carbocycles. The van der Waals surface area contributed by atoms with Crippen molar-refractivity contribution in [1.82, 2.24) is 4.90 Å². The molecule has 10 atom stereocenters. The molecule has 5 aliphatic rings. The molecule has 1 spiro atoms. The summed E-state index contributed by atoms with van der Waals surface area (Å²) in [5.41, 5.74) is -1.58. The van der Waals surface area contributed by atoms with Gasteiger partial charge in [0.15, 0.2) is 11.2 Å². The van der Waals surface area contributed by atoms with E-state index in [0.717, 1.165) is 19.3 Å². The molecule has 2 saturated carbocycles. The van der Waals surface area contributed by atoms with E-state index in [2.05, 4.69) is 19.1 Å². The molecule has 4 fully saturated rings. The molecule has 0 aromatic rings. The highest BCUT2D eigenvalue weighted by Crippen LogP contribution is 2.68. The zero-order valence-electron chi connectivity index (χ0n) is 16.2. The molecule has 2 saturated heterocycles. The number of amides is 1. The van der Waals surface area contributed by atoms with Crippen LogP contribution in [0.15, 0.2) is 12.2 Å². The molecule has 0 aromatic heterocycles. The first-order valence-corrected chi connectivity index (χ1v) is 10.3. The highest BCUT2D eigenvalue weighted by molar-refractivity contribution is 6.13. The summed E-state index contributed by atoms with van der Waals surface area (Å²) in [6.45, 7) is 3.68. The van der Waals surface area contributed by atoms with E-state index in [1.54, 1.807) is 7.05 Å². The number of aliphatic hydroxyl groups excluding tert-OH is 1. The molecular weight excluding hydrogens is 346 g/mol. The number of hydrogen-bond acceptors (Lipinski definition) is 5. The van der Waals surface area contributed by atoms with Crippen molar-refractivity contribution in [3.63, 3.8) is 0 Å². The van der Waals surface area contributed by atoms with E-state index in [1.807, 2.05) is 6.92 Å². The van der Waals surface area contributed by atoms with Crippen LogP contribution in [0.5, 0.6) is 0 Å². The number of rotatable bonds is 1. The summed E-state index contributed by atoms with van der Waals surface area (Å²) in [6.07, 6.45) is 7.15. The predicted molar refractivity (Wildman–Crippen MR) is 96.2 cm³/mol. The lowest BCUT2D eigenvalue weighted by Gasteiger charge is -2.42. The number of carbonyl (C=O) groups is 2. The Bertz CT molecular complexity index is 736. The molecule has 0 bridgehead atoms. The van der Waals surface area contributed by atoms with Gasteiger partial charge in [0.05, 0.1) is 12.7 Å². The third kappa shape index (κ3) is 1.79. The van der Waals surface area contributed by atoms with Crippen molar-refractivity contribution in [2.45, 2.75) is 51.0 Å². The molecule has 2 N–H and O–H groups in total. The minimum atomic E-state index is -1.95. The second kappa shape index (κ2) is 5.43. The molecule has 0 radical (unpaired) electrons. The van der Waals surface area contributed by atoms with Gasteiger partial charge in [0.2, 0.25) is 11.7 Å². The fourth-order valence-corrected chi connectivity index (χ4v) is 7.42. The Morgan fingerprint density at radius 3 is 2.70 bits per heavy atom. The number of likely N-dealkylation sites (tertiary alicyclic amines) is 1. The Hall–Kier alpha value is -1.24. The van der Waals surface area contributed by atoms with Crippen molar-refractivity contribution in [3.05, 3.63) is 12.2 Å². The molecule has 1 amide bonds. The van der Waals surface area contributed by atoms with Crippen LogP contribution < -0.4 is 0 Å². The first-order chi connectivity index (χ1) is 12.8. The quantitative estimate of drug-likeness (QED) is 0.527. The summed E-state index contributed by atoms with van der Waals surface area (Å²) >= 11 is 0. The number of nitrogens with zero attached hydrogens (tertiary/aromatic N) is 1. The summed E-state index contributed by atoms with van der Waals surface area (Å²) in [5, 5.41) is 21.4. The number of allylic oxidation sites excluding steroid dienone is 2. The van der Waals surface area contributed by atoms with E-state index >= 15 is 0 Å².